The van der Waals surface area contributed by atoms with Crippen molar-refractivity contribution in [3.63, 3.8) is 0 Å². The van der Waals surface area contributed by atoms with Crippen molar-refractivity contribution in [2.75, 3.05) is 20.8 Å². The first kappa shape index (κ1) is 18.5. The Hall–Kier alpha value is -2.86. The molecule has 0 radical (unpaired) electrons. The van der Waals surface area contributed by atoms with Crippen LogP contribution in [0, 0.1) is 0 Å². The highest BCUT2D eigenvalue weighted by molar-refractivity contribution is 7.18. The Balaban J connectivity index is 1.54. The third-order valence-electron chi connectivity index (χ3n) is 4.92. The summed E-state index contributed by atoms with van der Waals surface area (Å²) in [4.78, 5) is 19.6. The number of likely N-dealkylation sites (tertiary alicyclic amines) is 1. The number of hydrogen-bond acceptors (Lipinski definition) is 5. The average molecular weight is 394 g/mol. The van der Waals surface area contributed by atoms with Crippen molar-refractivity contribution in [3.8, 4) is 11.5 Å². The lowest BCUT2D eigenvalue weighted by Crippen LogP contribution is -2.28. The molecule has 0 bridgehead atoms. The number of hydrogen-bond donors (Lipinski definition) is 0. The van der Waals surface area contributed by atoms with E-state index in [0.29, 0.717) is 11.5 Å². The zero-order valence-electron chi connectivity index (χ0n) is 15.9. The van der Waals surface area contributed by atoms with Crippen LogP contribution in [0.5, 0.6) is 11.5 Å². The molecule has 3 aromatic rings. The number of thiazole rings is 1. The van der Waals surface area contributed by atoms with Crippen molar-refractivity contribution in [2.24, 2.45) is 0 Å². The van der Waals surface area contributed by atoms with E-state index in [1.54, 1.807) is 37.7 Å². The molecule has 0 saturated carbocycles. The number of ether oxygens (including phenoxy) is 2. The number of carbonyl (C=O) groups excluding carboxylic acids is 1. The normalized spacial score (nSPS) is 16.8. The minimum Gasteiger partial charge on any atom is -0.497 e. The molecule has 0 N–H and O–H groups in total. The molecule has 28 heavy (non-hydrogen) atoms. The number of para-hydroxylation sites is 1. The molecule has 1 aromatic heterocycles. The van der Waals surface area contributed by atoms with Crippen molar-refractivity contribution in [1.82, 2.24) is 9.88 Å². The highest BCUT2D eigenvalue weighted by Gasteiger charge is 2.31. The van der Waals surface area contributed by atoms with Gasteiger partial charge in [0, 0.05) is 18.7 Å². The molecule has 5 nitrogen and oxygen atoms in total. The highest BCUT2D eigenvalue weighted by Crippen LogP contribution is 2.36. The Morgan fingerprint density at radius 1 is 1.18 bits per heavy atom. The maximum atomic E-state index is 12.9. The fraction of sp³-hybridized carbons (Fsp3) is 0.273. The molecule has 144 valence electrons. The average Bonchev–Trinajstić information content (AvgIpc) is 3.38. The number of carbonyl (C=O) groups is 1. The summed E-state index contributed by atoms with van der Waals surface area (Å²) in [5.41, 5.74) is 1.86. The molecular formula is C22H22N2O3S. The smallest absolute Gasteiger partial charge is 0.247 e. The second kappa shape index (κ2) is 8.02. The van der Waals surface area contributed by atoms with Crippen molar-refractivity contribution >= 4 is 33.5 Å². The summed E-state index contributed by atoms with van der Waals surface area (Å²) in [6.45, 7) is 0.755. The van der Waals surface area contributed by atoms with Gasteiger partial charge in [-0.05, 0) is 48.7 Å². The van der Waals surface area contributed by atoms with Crippen LogP contribution in [0.4, 0.5) is 0 Å². The predicted molar refractivity (Wildman–Crippen MR) is 112 cm³/mol. The van der Waals surface area contributed by atoms with Crippen molar-refractivity contribution in [2.45, 2.75) is 18.9 Å². The van der Waals surface area contributed by atoms with Crippen LogP contribution in [0.2, 0.25) is 0 Å². The lowest BCUT2D eigenvalue weighted by atomic mass is 10.1. The van der Waals surface area contributed by atoms with Gasteiger partial charge in [0.05, 0.1) is 30.5 Å². The minimum absolute atomic E-state index is 0.00328. The van der Waals surface area contributed by atoms with Crippen LogP contribution in [0.15, 0.2) is 48.5 Å². The van der Waals surface area contributed by atoms with Gasteiger partial charge in [-0.25, -0.2) is 4.98 Å². The van der Waals surface area contributed by atoms with Crippen LogP contribution in [-0.4, -0.2) is 36.6 Å². The number of benzene rings is 2. The summed E-state index contributed by atoms with van der Waals surface area (Å²) >= 11 is 1.68. The molecular weight excluding hydrogens is 372 g/mol. The van der Waals surface area contributed by atoms with E-state index in [9.17, 15) is 4.79 Å². The quantitative estimate of drug-likeness (QED) is 0.589. The van der Waals surface area contributed by atoms with Gasteiger partial charge >= 0.3 is 0 Å². The van der Waals surface area contributed by atoms with Gasteiger partial charge in [0.25, 0.3) is 0 Å². The van der Waals surface area contributed by atoms with Gasteiger partial charge in [0.1, 0.15) is 16.5 Å². The molecule has 1 amide bonds. The number of nitrogens with zero attached hydrogens (tertiary/aromatic N) is 2. The molecule has 1 aliphatic heterocycles. The van der Waals surface area contributed by atoms with Gasteiger partial charge in [-0.2, -0.15) is 0 Å². The fourth-order valence-corrected chi connectivity index (χ4v) is 4.62. The van der Waals surface area contributed by atoms with Crippen LogP contribution in [0.3, 0.4) is 0 Å². The van der Waals surface area contributed by atoms with Crippen molar-refractivity contribution in [1.29, 1.82) is 0 Å². The summed E-state index contributed by atoms with van der Waals surface area (Å²) in [6.07, 6.45) is 5.38. The maximum absolute atomic E-state index is 12.9. The molecule has 1 saturated heterocycles. The summed E-state index contributed by atoms with van der Waals surface area (Å²) in [7, 11) is 3.22. The molecule has 2 heterocycles. The fourth-order valence-electron chi connectivity index (χ4n) is 3.51. The van der Waals surface area contributed by atoms with E-state index in [2.05, 4.69) is 6.07 Å². The Kier molecular flexibility index (Phi) is 5.30. The summed E-state index contributed by atoms with van der Waals surface area (Å²) < 4.78 is 11.7. The van der Waals surface area contributed by atoms with Gasteiger partial charge in [-0.3, -0.25) is 4.79 Å². The van der Waals surface area contributed by atoms with E-state index in [0.717, 1.165) is 40.2 Å². The topological polar surface area (TPSA) is 51.7 Å². The Bertz CT molecular complexity index is 972. The Morgan fingerprint density at radius 3 is 2.64 bits per heavy atom. The van der Waals surface area contributed by atoms with E-state index >= 15 is 0 Å². The van der Waals surface area contributed by atoms with Gasteiger partial charge in [0.15, 0.2) is 0 Å². The molecule has 2 aromatic carbocycles. The largest absolute Gasteiger partial charge is 0.497 e. The maximum Gasteiger partial charge on any atom is 0.247 e. The van der Waals surface area contributed by atoms with Gasteiger partial charge in [0.2, 0.25) is 5.91 Å². The zero-order chi connectivity index (χ0) is 19.5. The lowest BCUT2D eigenvalue weighted by molar-refractivity contribution is -0.126. The molecule has 0 aliphatic carbocycles. The molecule has 4 rings (SSSR count). The van der Waals surface area contributed by atoms with E-state index in [4.69, 9.17) is 14.5 Å². The third kappa shape index (κ3) is 3.73. The van der Waals surface area contributed by atoms with E-state index in [1.165, 1.54) is 0 Å². The minimum atomic E-state index is 0.00328. The first-order chi connectivity index (χ1) is 13.7. The van der Waals surface area contributed by atoms with E-state index < -0.39 is 0 Å². The predicted octanol–water partition coefficient (Wildman–Crippen LogP) is 4.69. The number of aromatic nitrogens is 1. The summed E-state index contributed by atoms with van der Waals surface area (Å²) in [6, 6.07) is 13.7. The van der Waals surface area contributed by atoms with Crippen LogP contribution in [0.25, 0.3) is 16.3 Å². The molecule has 0 spiro atoms. The standard InChI is InChI=1S/C22H22N2O3S/c1-26-16-12-15(13-17(14-16)27-2)9-10-21(25)24-11-5-7-19(24)22-23-18-6-3-4-8-20(18)28-22/h3-4,6,8-10,12-14,19H,5,7,11H2,1-2H3/b10-9+. The summed E-state index contributed by atoms with van der Waals surface area (Å²) in [5, 5.41) is 1.02. The van der Waals surface area contributed by atoms with Crippen LogP contribution < -0.4 is 9.47 Å². The van der Waals surface area contributed by atoms with Gasteiger partial charge < -0.3 is 14.4 Å². The van der Waals surface area contributed by atoms with Crippen LogP contribution in [0.1, 0.15) is 29.5 Å². The molecule has 1 unspecified atom stereocenters. The zero-order valence-corrected chi connectivity index (χ0v) is 16.7. The molecule has 1 aliphatic rings. The molecule has 1 fully saturated rings. The number of rotatable bonds is 5. The number of amides is 1. The highest BCUT2D eigenvalue weighted by atomic mass is 32.1. The summed E-state index contributed by atoms with van der Waals surface area (Å²) in [5.74, 6) is 1.39. The SMILES string of the molecule is COc1cc(/C=C/C(=O)N2CCCC2c2nc3ccccc3s2)cc(OC)c1. The van der Waals surface area contributed by atoms with Crippen molar-refractivity contribution in [3.05, 3.63) is 59.1 Å². The second-order valence-electron chi connectivity index (χ2n) is 6.69. The molecule has 1 atom stereocenters. The number of fused-ring (bicyclic) bond motifs is 1. The van der Waals surface area contributed by atoms with Crippen LogP contribution in [-0.2, 0) is 4.79 Å². The monoisotopic (exact) mass is 394 g/mol. The first-order valence-electron chi connectivity index (χ1n) is 9.25. The third-order valence-corrected chi connectivity index (χ3v) is 6.06. The van der Waals surface area contributed by atoms with Crippen LogP contribution >= 0.6 is 11.3 Å². The van der Waals surface area contributed by atoms with Gasteiger partial charge in [-0.15, -0.1) is 11.3 Å². The Morgan fingerprint density at radius 2 is 1.93 bits per heavy atom. The first-order valence-corrected chi connectivity index (χ1v) is 10.1. The van der Waals surface area contributed by atoms with Gasteiger partial charge in [-0.1, -0.05) is 12.1 Å². The lowest BCUT2D eigenvalue weighted by Gasteiger charge is -2.21. The second-order valence-corrected chi connectivity index (χ2v) is 7.75. The Labute approximate surface area is 168 Å². The van der Waals surface area contributed by atoms with Crippen molar-refractivity contribution < 1.29 is 14.3 Å². The van der Waals surface area contributed by atoms with E-state index in [-0.39, 0.29) is 11.9 Å². The number of methoxy groups -OCH3 is 2. The molecule has 6 heteroatoms. The van der Waals surface area contributed by atoms with E-state index in [1.807, 2.05) is 41.3 Å².